The number of aliphatic hydroxyl groups is 1. The van der Waals surface area contributed by atoms with Gasteiger partial charge in [0.2, 0.25) is 0 Å². The molecule has 2 fully saturated rings. The van der Waals surface area contributed by atoms with Crippen molar-refractivity contribution in [2.75, 3.05) is 57.9 Å². The summed E-state index contributed by atoms with van der Waals surface area (Å²) < 4.78 is 46.6. The van der Waals surface area contributed by atoms with E-state index >= 15 is 0 Å². The van der Waals surface area contributed by atoms with Crippen molar-refractivity contribution in [3.8, 4) is 0 Å². The number of fused-ring (bicyclic) bond motifs is 1. The molecular weight excluding hydrogens is 445 g/mol. The minimum absolute atomic E-state index is 0.0318. The number of nitrogens with zero attached hydrogens (tertiary/aromatic N) is 3. The first-order valence-corrected chi connectivity index (χ1v) is 11.6. The molecule has 0 bridgehead atoms. The van der Waals surface area contributed by atoms with E-state index in [1.807, 2.05) is 4.90 Å². The number of piperidine rings is 1. The smallest absolute Gasteiger partial charge is 0.392 e. The van der Waals surface area contributed by atoms with Crippen molar-refractivity contribution in [3.63, 3.8) is 0 Å². The van der Waals surface area contributed by atoms with Gasteiger partial charge in [0.05, 0.1) is 40.7 Å². The molecule has 4 heterocycles. The van der Waals surface area contributed by atoms with E-state index in [1.165, 1.54) is 12.4 Å². The molecule has 11 heteroatoms. The molecule has 1 amide bonds. The van der Waals surface area contributed by atoms with Crippen molar-refractivity contribution in [1.82, 2.24) is 15.2 Å². The van der Waals surface area contributed by atoms with Crippen LogP contribution in [0, 0.1) is 5.92 Å². The monoisotopic (exact) mass is 472 g/mol. The molecule has 2 saturated heterocycles. The molecule has 1 atom stereocenters. The second-order valence-electron chi connectivity index (χ2n) is 8.24. The third-order valence-electron chi connectivity index (χ3n) is 6.24. The maximum absolute atomic E-state index is 13.8. The van der Waals surface area contributed by atoms with Crippen molar-refractivity contribution >= 4 is 33.3 Å². The Balaban J connectivity index is 1.52. The van der Waals surface area contributed by atoms with Crippen LogP contribution in [0.4, 0.5) is 19.0 Å². The van der Waals surface area contributed by atoms with Gasteiger partial charge in [-0.2, -0.15) is 13.2 Å². The number of alkyl halides is 3. The molecule has 7 nitrogen and oxygen atoms in total. The van der Waals surface area contributed by atoms with Gasteiger partial charge in [-0.25, -0.2) is 4.98 Å². The summed E-state index contributed by atoms with van der Waals surface area (Å²) in [5.41, 5.74) is -0.545. The summed E-state index contributed by atoms with van der Waals surface area (Å²) in [6.45, 7) is 4.52. The normalized spacial score (nSPS) is 20.0. The van der Waals surface area contributed by atoms with Crippen LogP contribution < -0.4 is 10.2 Å². The maximum Gasteiger partial charge on any atom is 0.417 e. The molecule has 0 aliphatic carbocycles. The minimum atomic E-state index is -4.55. The van der Waals surface area contributed by atoms with Crippen molar-refractivity contribution in [3.05, 3.63) is 22.6 Å². The lowest BCUT2D eigenvalue weighted by Gasteiger charge is -2.37. The van der Waals surface area contributed by atoms with Crippen LogP contribution in [0.2, 0.25) is 0 Å². The topological polar surface area (TPSA) is 77.9 Å². The molecule has 32 heavy (non-hydrogen) atoms. The number of β-amino-alcohol motifs (C(OH)–C–C–N with tert-alkyl or cyclic N) is 1. The van der Waals surface area contributed by atoms with Gasteiger partial charge in [0.1, 0.15) is 5.82 Å². The molecule has 2 aromatic rings. The number of halogens is 3. The molecule has 2 aliphatic rings. The van der Waals surface area contributed by atoms with Gasteiger partial charge in [0.15, 0.2) is 0 Å². The molecule has 4 rings (SSSR count). The lowest BCUT2D eigenvalue weighted by atomic mass is 9.90. The fraction of sp³-hybridized carbons (Fsp3) is 0.619. The van der Waals surface area contributed by atoms with E-state index in [4.69, 9.17) is 4.74 Å². The standard InChI is InChI=1S/C21H27F3N4O3S/c1-25-20(30)14-12-32-19-15(21(22,23)24)10-17(26-18(14)19)28-4-2-13(3-5-28)16(29)11-27-6-8-31-9-7-27/h10,12-13,16,29H,2-9,11H2,1H3,(H,25,30). The van der Waals surface area contributed by atoms with E-state index < -0.39 is 23.8 Å². The lowest BCUT2D eigenvalue weighted by Crippen LogP contribution is -2.45. The van der Waals surface area contributed by atoms with Gasteiger partial charge in [-0.15, -0.1) is 11.3 Å². The zero-order valence-electron chi connectivity index (χ0n) is 17.8. The van der Waals surface area contributed by atoms with Crippen LogP contribution in [0.15, 0.2) is 11.4 Å². The van der Waals surface area contributed by atoms with Crippen LogP contribution in [-0.2, 0) is 10.9 Å². The number of carbonyl (C=O) groups is 1. The third kappa shape index (κ3) is 4.85. The third-order valence-corrected chi connectivity index (χ3v) is 7.25. The van der Waals surface area contributed by atoms with Crippen LogP contribution in [0.3, 0.4) is 0 Å². The number of carbonyl (C=O) groups excluding carboxylic acids is 1. The van der Waals surface area contributed by atoms with Crippen molar-refractivity contribution in [2.45, 2.75) is 25.1 Å². The van der Waals surface area contributed by atoms with Gasteiger partial charge >= 0.3 is 6.18 Å². The first-order valence-electron chi connectivity index (χ1n) is 10.7. The Hall–Kier alpha value is -1.95. The summed E-state index contributed by atoms with van der Waals surface area (Å²) in [6, 6.07) is 1.08. The van der Waals surface area contributed by atoms with Crippen LogP contribution in [0.1, 0.15) is 28.8 Å². The van der Waals surface area contributed by atoms with E-state index in [0.29, 0.717) is 45.7 Å². The second-order valence-corrected chi connectivity index (χ2v) is 9.12. The molecule has 0 aromatic carbocycles. The van der Waals surface area contributed by atoms with Crippen molar-refractivity contribution in [2.24, 2.45) is 5.92 Å². The Bertz CT molecular complexity index is 954. The molecule has 0 saturated carbocycles. The number of hydrogen-bond acceptors (Lipinski definition) is 7. The molecule has 176 valence electrons. The first-order chi connectivity index (χ1) is 15.3. The van der Waals surface area contributed by atoms with E-state index in [0.717, 1.165) is 30.5 Å². The van der Waals surface area contributed by atoms with Crippen molar-refractivity contribution in [1.29, 1.82) is 0 Å². The molecule has 0 spiro atoms. The maximum atomic E-state index is 13.8. The fourth-order valence-electron chi connectivity index (χ4n) is 4.37. The summed E-state index contributed by atoms with van der Waals surface area (Å²) in [6.07, 6.45) is -3.70. The highest BCUT2D eigenvalue weighted by atomic mass is 32.1. The van der Waals surface area contributed by atoms with Crippen molar-refractivity contribution < 1.29 is 27.8 Å². The van der Waals surface area contributed by atoms with Gasteiger partial charge in [-0.1, -0.05) is 0 Å². The molecule has 1 unspecified atom stereocenters. The van der Waals surface area contributed by atoms with Gasteiger partial charge in [-0.05, 0) is 24.8 Å². The average Bonchev–Trinajstić information content (AvgIpc) is 3.22. The quantitative estimate of drug-likeness (QED) is 0.697. The predicted octanol–water partition coefficient (Wildman–Crippen LogP) is 2.58. The number of rotatable bonds is 5. The number of morpholine rings is 1. The van der Waals surface area contributed by atoms with Gasteiger partial charge in [0.25, 0.3) is 5.91 Å². The Morgan fingerprint density at radius 1 is 1.31 bits per heavy atom. The summed E-state index contributed by atoms with van der Waals surface area (Å²) in [4.78, 5) is 20.6. The minimum Gasteiger partial charge on any atom is -0.392 e. The number of nitrogens with one attached hydrogen (secondary N) is 1. The zero-order chi connectivity index (χ0) is 22.9. The number of aliphatic hydroxyl groups excluding tert-OH is 1. The Morgan fingerprint density at radius 2 is 2.00 bits per heavy atom. The van der Waals surface area contributed by atoms with Crippen LogP contribution >= 0.6 is 11.3 Å². The van der Waals surface area contributed by atoms with Crippen LogP contribution in [0.25, 0.3) is 10.2 Å². The molecule has 2 N–H and O–H groups in total. The fourth-order valence-corrected chi connectivity index (χ4v) is 5.40. The Labute approximate surface area is 188 Å². The Kier molecular flexibility index (Phi) is 6.89. The van der Waals surface area contributed by atoms with Gasteiger partial charge in [-0.3, -0.25) is 9.69 Å². The summed E-state index contributed by atoms with van der Waals surface area (Å²) in [5, 5.41) is 14.5. The SMILES string of the molecule is CNC(=O)c1csc2c(C(F)(F)F)cc(N3CCC(C(O)CN4CCOCC4)CC3)nc12. The van der Waals surface area contributed by atoms with Gasteiger partial charge < -0.3 is 20.1 Å². The van der Waals surface area contributed by atoms with E-state index in [-0.39, 0.29) is 27.5 Å². The number of pyridine rings is 1. The van der Waals surface area contributed by atoms with E-state index in [2.05, 4.69) is 15.2 Å². The van der Waals surface area contributed by atoms with E-state index in [9.17, 15) is 23.1 Å². The number of amides is 1. The predicted molar refractivity (Wildman–Crippen MR) is 116 cm³/mol. The average molecular weight is 473 g/mol. The summed E-state index contributed by atoms with van der Waals surface area (Å²) >= 11 is 0.879. The highest BCUT2D eigenvalue weighted by molar-refractivity contribution is 7.17. The van der Waals surface area contributed by atoms with Crippen LogP contribution in [0.5, 0.6) is 0 Å². The number of anilines is 1. The molecule has 2 aromatic heterocycles. The zero-order valence-corrected chi connectivity index (χ0v) is 18.6. The summed E-state index contributed by atoms with van der Waals surface area (Å²) in [7, 11) is 1.44. The largest absolute Gasteiger partial charge is 0.417 e. The number of hydrogen-bond donors (Lipinski definition) is 2. The Morgan fingerprint density at radius 3 is 2.62 bits per heavy atom. The van der Waals surface area contributed by atoms with Crippen LogP contribution in [-0.4, -0.2) is 80.0 Å². The molecule has 2 aliphatic heterocycles. The van der Waals surface area contributed by atoms with E-state index in [1.54, 1.807) is 0 Å². The highest BCUT2D eigenvalue weighted by Gasteiger charge is 2.36. The summed E-state index contributed by atoms with van der Waals surface area (Å²) in [5.74, 6) is -0.157. The number of thiophene rings is 1. The number of ether oxygens (including phenoxy) is 1. The second kappa shape index (κ2) is 9.50. The molecular formula is C21H27F3N4O3S. The lowest BCUT2D eigenvalue weighted by molar-refractivity contribution is -0.136. The molecule has 0 radical (unpaired) electrons. The number of aromatic nitrogens is 1. The highest BCUT2D eigenvalue weighted by Crippen LogP contribution is 2.40. The van der Waals surface area contributed by atoms with Gasteiger partial charge in [0, 0.05) is 45.2 Å². The first kappa shape index (κ1) is 23.2.